The quantitative estimate of drug-likeness (QED) is 0.801. The molecule has 0 aliphatic carbocycles. The molecule has 0 atom stereocenters. The second-order valence-electron chi connectivity index (χ2n) is 5.07. The maximum absolute atomic E-state index is 12.4. The molecule has 0 unspecified atom stereocenters. The largest absolute Gasteiger partial charge is 0.307 e. The minimum atomic E-state index is 0.151. The van der Waals surface area contributed by atoms with Crippen LogP contribution in [0.5, 0.6) is 0 Å². The van der Waals surface area contributed by atoms with Crippen molar-refractivity contribution in [2.24, 2.45) is 0 Å². The van der Waals surface area contributed by atoms with Crippen LogP contribution in [-0.2, 0) is 11.3 Å². The molecule has 0 radical (unpaired) electrons. The van der Waals surface area contributed by atoms with E-state index in [0.29, 0.717) is 13.0 Å². The Hall–Kier alpha value is -2.35. The van der Waals surface area contributed by atoms with E-state index in [0.717, 1.165) is 16.8 Å². The Morgan fingerprint density at radius 1 is 1.00 bits per heavy atom. The number of anilines is 1. The summed E-state index contributed by atoms with van der Waals surface area (Å²) in [5.41, 5.74) is 4.47. The van der Waals surface area contributed by atoms with Crippen LogP contribution in [0, 0.1) is 0 Å². The summed E-state index contributed by atoms with van der Waals surface area (Å²) in [6.45, 7) is 2.69. The number of carbonyl (C=O) groups is 1. The average Bonchev–Trinajstić information content (AvgIpc) is 2.61. The summed E-state index contributed by atoms with van der Waals surface area (Å²) >= 11 is 0. The minimum absolute atomic E-state index is 0.151. The maximum Gasteiger partial charge on any atom is 0.231 e. The van der Waals surface area contributed by atoms with Crippen LogP contribution in [0.15, 0.2) is 60.7 Å². The summed E-state index contributed by atoms with van der Waals surface area (Å²) in [6, 6.07) is 18.2. The number of hydrogen-bond donors (Lipinski definition) is 0. The van der Waals surface area contributed by atoms with Gasteiger partial charge in [-0.1, -0.05) is 54.6 Å². The topological polar surface area (TPSA) is 20.3 Å². The molecule has 0 saturated heterocycles. The Morgan fingerprint density at radius 3 is 2.50 bits per heavy atom. The summed E-state index contributed by atoms with van der Waals surface area (Å²) in [4.78, 5) is 14.3. The first kappa shape index (κ1) is 12.7. The smallest absolute Gasteiger partial charge is 0.231 e. The Bertz CT molecular complexity index is 658. The van der Waals surface area contributed by atoms with Crippen LogP contribution in [0.25, 0.3) is 5.57 Å². The molecule has 0 saturated carbocycles. The first-order chi connectivity index (χ1) is 9.75. The highest BCUT2D eigenvalue weighted by Gasteiger charge is 2.21. The normalized spacial score (nSPS) is 14.6. The molecule has 100 valence electrons. The summed E-state index contributed by atoms with van der Waals surface area (Å²) in [5.74, 6) is 0.151. The number of para-hydroxylation sites is 1. The zero-order valence-electron chi connectivity index (χ0n) is 11.5. The molecular formula is C18H17NO. The highest BCUT2D eigenvalue weighted by molar-refractivity contribution is 5.99. The minimum Gasteiger partial charge on any atom is -0.307 e. The van der Waals surface area contributed by atoms with Crippen LogP contribution in [0.1, 0.15) is 24.5 Å². The number of hydrogen-bond acceptors (Lipinski definition) is 1. The Kier molecular flexibility index (Phi) is 3.38. The molecule has 1 heterocycles. The van der Waals surface area contributed by atoms with E-state index >= 15 is 0 Å². The van der Waals surface area contributed by atoms with Crippen molar-refractivity contribution < 1.29 is 4.79 Å². The zero-order chi connectivity index (χ0) is 13.9. The van der Waals surface area contributed by atoms with Crippen molar-refractivity contribution in [2.45, 2.75) is 19.9 Å². The number of benzene rings is 2. The molecule has 1 aliphatic heterocycles. The predicted molar refractivity (Wildman–Crippen MR) is 82.3 cm³/mol. The third kappa shape index (κ3) is 2.37. The molecule has 0 fully saturated rings. The number of nitrogens with zero attached hydrogens (tertiary/aromatic N) is 1. The first-order valence-electron chi connectivity index (χ1n) is 6.86. The van der Waals surface area contributed by atoms with Crippen LogP contribution < -0.4 is 4.90 Å². The molecule has 2 nitrogen and oxygen atoms in total. The van der Waals surface area contributed by atoms with Crippen molar-refractivity contribution in [2.75, 3.05) is 4.90 Å². The molecule has 0 N–H and O–H groups in total. The van der Waals surface area contributed by atoms with E-state index in [-0.39, 0.29) is 5.91 Å². The van der Waals surface area contributed by atoms with E-state index in [1.165, 1.54) is 5.57 Å². The first-order valence-corrected chi connectivity index (χ1v) is 6.86. The zero-order valence-corrected chi connectivity index (χ0v) is 11.5. The van der Waals surface area contributed by atoms with E-state index in [2.05, 4.69) is 25.1 Å². The Balaban J connectivity index is 2.02. The predicted octanol–water partition coefficient (Wildman–Crippen LogP) is 4.03. The van der Waals surface area contributed by atoms with Gasteiger partial charge in [-0.2, -0.15) is 0 Å². The number of fused-ring (bicyclic) bond motifs is 1. The average molecular weight is 263 g/mol. The van der Waals surface area contributed by atoms with Gasteiger partial charge in [-0.05, 0) is 24.1 Å². The van der Waals surface area contributed by atoms with Crippen molar-refractivity contribution in [1.29, 1.82) is 0 Å². The number of amides is 1. The molecule has 2 aromatic rings. The van der Waals surface area contributed by atoms with Crippen molar-refractivity contribution in [1.82, 2.24) is 0 Å². The molecule has 2 heteroatoms. The van der Waals surface area contributed by atoms with Gasteiger partial charge < -0.3 is 4.90 Å². The van der Waals surface area contributed by atoms with E-state index < -0.39 is 0 Å². The van der Waals surface area contributed by atoms with Gasteiger partial charge in [0.25, 0.3) is 0 Å². The fraction of sp³-hybridized carbons (Fsp3) is 0.167. The van der Waals surface area contributed by atoms with Gasteiger partial charge in [-0.15, -0.1) is 0 Å². The summed E-state index contributed by atoms with van der Waals surface area (Å²) in [5, 5.41) is 0. The highest BCUT2D eigenvalue weighted by Crippen LogP contribution is 2.31. The van der Waals surface area contributed by atoms with Gasteiger partial charge in [-0.25, -0.2) is 0 Å². The van der Waals surface area contributed by atoms with Crippen molar-refractivity contribution in [3.8, 4) is 0 Å². The van der Waals surface area contributed by atoms with E-state index in [1.807, 2.05) is 47.4 Å². The number of rotatable bonds is 2. The van der Waals surface area contributed by atoms with Gasteiger partial charge in [0.2, 0.25) is 5.91 Å². The second-order valence-corrected chi connectivity index (χ2v) is 5.07. The molecule has 3 rings (SSSR count). The van der Waals surface area contributed by atoms with Crippen LogP contribution in [0.4, 0.5) is 5.69 Å². The fourth-order valence-electron chi connectivity index (χ4n) is 2.58. The highest BCUT2D eigenvalue weighted by atomic mass is 16.2. The molecule has 1 amide bonds. The van der Waals surface area contributed by atoms with Crippen LogP contribution in [-0.4, -0.2) is 5.91 Å². The lowest BCUT2D eigenvalue weighted by atomic mass is 10.0. The fourth-order valence-corrected chi connectivity index (χ4v) is 2.58. The Morgan fingerprint density at radius 2 is 1.70 bits per heavy atom. The maximum atomic E-state index is 12.4. The van der Waals surface area contributed by atoms with Gasteiger partial charge in [-0.3, -0.25) is 4.79 Å². The molecule has 1 aliphatic rings. The SMILES string of the molecule is CC1=CCC(=O)N(Cc2ccccc2)c2ccccc21. The lowest BCUT2D eigenvalue weighted by molar-refractivity contribution is -0.117. The van der Waals surface area contributed by atoms with Crippen LogP contribution in [0.2, 0.25) is 0 Å². The van der Waals surface area contributed by atoms with Gasteiger partial charge in [0.15, 0.2) is 0 Å². The van der Waals surface area contributed by atoms with E-state index in [4.69, 9.17) is 0 Å². The van der Waals surface area contributed by atoms with Crippen molar-refractivity contribution in [3.05, 3.63) is 71.8 Å². The van der Waals surface area contributed by atoms with Gasteiger partial charge in [0, 0.05) is 12.0 Å². The summed E-state index contributed by atoms with van der Waals surface area (Å²) < 4.78 is 0. The van der Waals surface area contributed by atoms with E-state index in [9.17, 15) is 4.79 Å². The Labute approximate surface area is 119 Å². The monoisotopic (exact) mass is 263 g/mol. The van der Waals surface area contributed by atoms with Crippen LogP contribution >= 0.6 is 0 Å². The van der Waals surface area contributed by atoms with Crippen molar-refractivity contribution >= 4 is 17.2 Å². The van der Waals surface area contributed by atoms with Crippen molar-refractivity contribution in [3.63, 3.8) is 0 Å². The van der Waals surface area contributed by atoms with Gasteiger partial charge >= 0.3 is 0 Å². The lowest BCUT2D eigenvalue weighted by Gasteiger charge is -2.23. The number of allylic oxidation sites excluding steroid dienone is 1. The lowest BCUT2D eigenvalue weighted by Crippen LogP contribution is -2.29. The molecule has 0 spiro atoms. The molecule has 20 heavy (non-hydrogen) atoms. The summed E-state index contributed by atoms with van der Waals surface area (Å²) in [7, 11) is 0. The molecule has 0 bridgehead atoms. The van der Waals surface area contributed by atoms with E-state index in [1.54, 1.807) is 0 Å². The summed E-state index contributed by atoms with van der Waals surface area (Å²) in [6.07, 6.45) is 2.49. The third-order valence-electron chi connectivity index (χ3n) is 3.69. The van der Waals surface area contributed by atoms with Gasteiger partial charge in [0.1, 0.15) is 0 Å². The molecule has 2 aromatic carbocycles. The standard InChI is InChI=1S/C18H17NO/c1-14-11-12-18(20)19(13-15-7-3-2-4-8-15)17-10-6-5-9-16(14)17/h2-11H,12-13H2,1H3. The molecular weight excluding hydrogens is 246 g/mol. The van der Waals surface area contributed by atoms with Gasteiger partial charge in [0.05, 0.1) is 12.2 Å². The second kappa shape index (κ2) is 5.33. The molecule has 0 aromatic heterocycles. The van der Waals surface area contributed by atoms with Crippen LogP contribution in [0.3, 0.4) is 0 Å². The number of carbonyl (C=O) groups excluding carboxylic acids is 1. The third-order valence-corrected chi connectivity index (χ3v) is 3.69.